The van der Waals surface area contributed by atoms with Crippen molar-refractivity contribution in [2.45, 2.75) is 45.3 Å². The van der Waals surface area contributed by atoms with E-state index >= 15 is 0 Å². The monoisotopic (exact) mass is 288 g/mol. The molecular formula is C17H24N2O2. The summed E-state index contributed by atoms with van der Waals surface area (Å²) in [6, 6.07) is 6.01. The van der Waals surface area contributed by atoms with E-state index in [1.54, 1.807) is 0 Å². The van der Waals surface area contributed by atoms with Gasteiger partial charge in [0.25, 0.3) is 5.91 Å². The standard InChI is InChI=1S/C17H24N2O2/c1-3-18-14-7-6-13(10-11(14)2)17(20)19-15-8-9-21-16(15)12-4-5-12/h6-7,10,12,15-16,18H,3-5,8-9H2,1-2H3,(H,19,20). The van der Waals surface area contributed by atoms with Crippen LogP contribution in [-0.2, 0) is 4.74 Å². The van der Waals surface area contributed by atoms with E-state index in [9.17, 15) is 4.79 Å². The van der Waals surface area contributed by atoms with Crippen LogP contribution in [0, 0.1) is 12.8 Å². The fraction of sp³-hybridized carbons (Fsp3) is 0.588. The number of hydrogen-bond acceptors (Lipinski definition) is 3. The highest BCUT2D eigenvalue weighted by atomic mass is 16.5. The third kappa shape index (κ3) is 3.21. The predicted octanol–water partition coefficient (Wildman–Crippen LogP) is 2.72. The molecule has 1 amide bonds. The van der Waals surface area contributed by atoms with Crippen molar-refractivity contribution in [1.29, 1.82) is 0 Å². The van der Waals surface area contributed by atoms with Gasteiger partial charge in [-0.1, -0.05) is 0 Å². The molecular weight excluding hydrogens is 264 g/mol. The molecule has 4 heteroatoms. The van der Waals surface area contributed by atoms with Crippen LogP contribution in [0.2, 0.25) is 0 Å². The Labute approximate surface area is 126 Å². The first-order valence-electron chi connectivity index (χ1n) is 7.96. The molecule has 2 atom stereocenters. The Morgan fingerprint density at radius 3 is 2.81 bits per heavy atom. The van der Waals surface area contributed by atoms with Gasteiger partial charge in [-0.15, -0.1) is 0 Å². The lowest BCUT2D eigenvalue weighted by Crippen LogP contribution is -2.41. The van der Waals surface area contributed by atoms with Crippen LogP contribution >= 0.6 is 0 Å². The second-order valence-corrected chi connectivity index (χ2v) is 6.10. The van der Waals surface area contributed by atoms with Gasteiger partial charge in [0.1, 0.15) is 0 Å². The summed E-state index contributed by atoms with van der Waals surface area (Å²) in [6.07, 6.45) is 3.65. The lowest BCUT2D eigenvalue weighted by atomic mass is 10.0. The number of benzene rings is 1. The largest absolute Gasteiger partial charge is 0.385 e. The third-order valence-corrected chi connectivity index (χ3v) is 4.39. The maximum absolute atomic E-state index is 12.4. The number of hydrogen-bond donors (Lipinski definition) is 2. The second kappa shape index (κ2) is 6.06. The summed E-state index contributed by atoms with van der Waals surface area (Å²) in [5, 5.41) is 6.45. The minimum atomic E-state index is 0.0160. The molecule has 1 aromatic rings. The van der Waals surface area contributed by atoms with Gasteiger partial charge in [0.2, 0.25) is 0 Å². The van der Waals surface area contributed by atoms with Crippen LogP contribution < -0.4 is 10.6 Å². The summed E-state index contributed by atoms with van der Waals surface area (Å²) < 4.78 is 5.78. The molecule has 2 fully saturated rings. The SMILES string of the molecule is CCNc1ccc(C(=O)NC2CCOC2C2CC2)cc1C. The molecule has 0 radical (unpaired) electrons. The van der Waals surface area contributed by atoms with Crippen LogP contribution in [0.5, 0.6) is 0 Å². The number of nitrogens with one attached hydrogen (secondary N) is 2. The van der Waals surface area contributed by atoms with Gasteiger partial charge in [0, 0.05) is 24.4 Å². The smallest absolute Gasteiger partial charge is 0.251 e. The number of amides is 1. The fourth-order valence-electron chi connectivity index (χ4n) is 3.10. The first kappa shape index (κ1) is 14.4. The first-order valence-corrected chi connectivity index (χ1v) is 7.96. The summed E-state index contributed by atoms with van der Waals surface area (Å²) in [7, 11) is 0. The van der Waals surface area contributed by atoms with Crippen molar-refractivity contribution in [3.63, 3.8) is 0 Å². The molecule has 114 valence electrons. The van der Waals surface area contributed by atoms with E-state index in [-0.39, 0.29) is 18.1 Å². The van der Waals surface area contributed by atoms with Gasteiger partial charge in [-0.05, 0) is 62.8 Å². The lowest BCUT2D eigenvalue weighted by molar-refractivity contribution is 0.0729. The molecule has 2 unspecified atom stereocenters. The van der Waals surface area contributed by atoms with Gasteiger partial charge in [-0.25, -0.2) is 0 Å². The number of rotatable bonds is 5. The van der Waals surface area contributed by atoms with Gasteiger partial charge in [0.05, 0.1) is 12.1 Å². The van der Waals surface area contributed by atoms with Crippen molar-refractivity contribution in [3.05, 3.63) is 29.3 Å². The molecule has 3 rings (SSSR count). The molecule has 2 N–H and O–H groups in total. The minimum Gasteiger partial charge on any atom is -0.385 e. The topological polar surface area (TPSA) is 50.4 Å². The molecule has 0 bridgehead atoms. The Hall–Kier alpha value is -1.55. The minimum absolute atomic E-state index is 0.0160. The molecule has 1 aliphatic carbocycles. The Kier molecular flexibility index (Phi) is 4.15. The van der Waals surface area contributed by atoms with Crippen molar-refractivity contribution >= 4 is 11.6 Å². The molecule has 1 saturated heterocycles. The molecule has 1 heterocycles. The number of aryl methyl sites for hydroxylation is 1. The first-order chi connectivity index (χ1) is 10.2. The highest BCUT2D eigenvalue weighted by Crippen LogP contribution is 2.38. The maximum Gasteiger partial charge on any atom is 0.251 e. The number of ether oxygens (including phenoxy) is 1. The summed E-state index contributed by atoms with van der Waals surface area (Å²) in [6.45, 7) is 5.75. The summed E-state index contributed by atoms with van der Waals surface area (Å²) in [5.41, 5.74) is 2.93. The Morgan fingerprint density at radius 1 is 1.33 bits per heavy atom. The van der Waals surface area contributed by atoms with E-state index in [0.29, 0.717) is 5.92 Å². The van der Waals surface area contributed by atoms with Crippen LogP contribution in [0.15, 0.2) is 18.2 Å². The number of carbonyl (C=O) groups excluding carboxylic acids is 1. The van der Waals surface area contributed by atoms with E-state index in [1.807, 2.05) is 25.1 Å². The van der Waals surface area contributed by atoms with Crippen molar-refractivity contribution in [2.24, 2.45) is 5.92 Å². The number of carbonyl (C=O) groups is 1. The van der Waals surface area contributed by atoms with E-state index in [4.69, 9.17) is 4.74 Å². The maximum atomic E-state index is 12.4. The predicted molar refractivity (Wildman–Crippen MR) is 83.7 cm³/mol. The van der Waals surface area contributed by atoms with Crippen molar-refractivity contribution in [2.75, 3.05) is 18.5 Å². The van der Waals surface area contributed by atoms with Gasteiger partial charge in [-0.3, -0.25) is 4.79 Å². The van der Waals surface area contributed by atoms with E-state index in [0.717, 1.165) is 36.4 Å². The normalized spacial score (nSPS) is 24.9. The van der Waals surface area contributed by atoms with Gasteiger partial charge in [0.15, 0.2) is 0 Å². The highest BCUT2D eigenvalue weighted by molar-refractivity contribution is 5.95. The van der Waals surface area contributed by atoms with E-state index in [2.05, 4.69) is 17.6 Å². The summed E-state index contributed by atoms with van der Waals surface area (Å²) in [4.78, 5) is 12.4. The van der Waals surface area contributed by atoms with Crippen molar-refractivity contribution < 1.29 is 9.53 Å². The van der Waals surface area contributed by atoms with Crippen molar-refractivity contribution in [1.82, 2.24) is 5.32 Å². The Morgan fingerprint density at radius 2 is 2.14 bits per heavy atom. The molecule has 0 aromatic heterocycles. The Balaban J connectivity index is 1.66. The Bertz CT molecular complexity index is 526. The van der Waals surface area contributed by atoms with Gasteiger partial charge in [-0.2, -0.15) is 0 Å². The quantitative estimate of drug-likeness (QED) is 0.876. The van der Waals surface area contributed by atoms with Crippen LogP contribution in [0.3, 0.4) is 0 Å². The van der Waals surface area contributed by atoms with Gasteiger partial charge >= 0.3 is 0 Å². The molecule has 4 nitrogen and oxygen atoms in total. The summed E-state index contributed by atoms with van der Waals surface area (Å²) >= 11 is 0. The van der Waals surface area contributed by atoms with Crippen LogP contribution in [0.25, 0.3) is 0 Å². The average Bonchev–Trinajstić information content (AvgIpc) is 3.21. The van der Waals surface area contributed by atoms with E-state index in [1.165, 1.54) is 12.8 Å². The molecule has 1 aliphatic heterocycles. The second-order valence-electron chi connectivity index (χ2n) is 6.10. The molecule has 1 saturated carbocycles. The summed E-state index contributed by atoms with van der Waals surface area (Å²) in [5.74, 6) is 0.679. The van der Waals surface area contributed by atoms with Crippen LogP contribution in [0.1, 0.15) is 42.1 Å². The average molecular weight is 288 g/mol. The fourth-order valence-corrected chi connectivity index (χ4v) is 3.10. The zero-order valence-corrected chi connectivity index (χ0v) is 12.8. The zero-order valence-electron chi connectivity index (χ0n) is 12.8. The lowest BCUT2D eigenvalue weighted by Gasteiger charge is -2.19. The molecule has 21 heavy (non-hydrogen) atoms. The molecule has 1 aromatic carbocycles. The van der Waals surface area contributed by atoms with E-state index < -0.39 is 0 Å². The van der Waals surface area contributed by atoms with Crippen LogP contribution in [-0.4, -0.2) is 31.2 Å². The number of anilines is 1. The van der Waals surface area contributed by atoms with Crippen LogP contribution in [0.4, 0.5) is 5.69 Å². The van der Waals surface area contributed by atoms with Gasteiger partial charge < -0.3 is 15.4 Å². The molecule has 0 spiro atoms. The zero-order chi connectivity index (χ0) is 14.8. The third-order valence-electron chi connectivity index (χ3n) is 4.39. The molecule has 2 aliphatic rings. The van der Waals surface area contributed by atoms with Crippen molar-refractivity contribution in [3.8, 4) is 0 Å². The highest BCUT2D eigenvalue weighted by Gasteiger charge is 2.41.